The standard InChI is InChI=1S/C19H23NO3/c1-3-7-16(8-4-1)19-15-22-18(14-23-19)13-20-11-12-21-17-9-5-2-6-10-17/h1-10,18-20H,11-15H2/t18-,19+/m1/s1. The molecule has 1 aliphatic heterocycles. The Hall–Kier alpha value is -1.88. The van der Waals surface area contributed by atoms with E-state index < -0.39 is 0 Å². The number of nitrogens with one attached hydrogen (secondary N) is 1. The maximum atomic E-state index is 5.91. The van der Waals surface area contributed by atoms with Gasteiger partial charge in [-0.15, -0.1) is 0 Å². The molecule has 2 aromatic carbocycles. The zero-order valence-corrected chi connectivity index (χ0v) is 13.2. The van der Waals surface area contributed by atoms with Gasteiger partial charge < -0.3 is 19.5 Å². The fourth-order valence-corrected chi connectivity index (χ4v) is 2.54. The molecule has 4 nitrogen and oxygen atoms in total. The van der Waals surface area contributed by atoms with Gasteiger partial charge in [0.25, 0.3) is 0 Å². The maximum absolute atomic E-state index is 5.91. The lowest BCUT2D eigenvalue weighted by molar-refractivity contribution is -0.133. The van der Waals surface area contributed by atoms with Crippen molar-refractivity contribution in [2.24, 2.45) is 0 Å². The van der Waals surface area contributed by atoms with Crippen molar-refractivity contribution in [2.75, 3.05) is 32.9 Å². The van der Waals surface area contributed by atoms with Gasteiger partial charge >= 0.3 is 0 Å². The molecule has 3 rings (SSSR count). The summed E-state index contributed by atoms with van der Waals surface area (Å²) >= 11 is 0. The molecule has 23 heavy (non-hydrogen) atoms. The predicted octanol–water partition coefficient (Wildman–Crippen LogP) is 2.81. The first-order chi connectivity index (χ1) is 11.4. The molecular weight excluding hydrogens is 290 g/mol. The summed E-state index contributed by atoms with van der Waals surface area (Å²) in [6.45, 7) is 3.43. The molecule has 0 spiro atoms. The Morgan fingerprint density at radius 3 is 2.35 bits per heavy atom. The normalized spacial score (nSPS) is 21.0. The molecule has 0 aromatic heterocycles. The van der Waals surface area contributed by atoms with Crippen molar-refractivity contribution in [1.82, 2.24) is 5.32 Å². The summed E-state index contributed by atoms with van der Waals surface area (Å²) in [7, 11) is 0. The summed E-state index contributed by atoms with van der Waals surface area (Å²) in [6.07, 6.45) is 0.153. The zero-order chi connectivity index (χ0) is 15.7. The average molecular weight is 313 g/mol. The van der Waals surface area contributed by atoms with E-state index in [0.29, 0.717) is 19.8 Å². The summed E-state index contributed by atoms with van der Waals surface area (Å²) in [5, 5.41) is 3.35. The molecule has 0 amide bonds. The van der Waals surface area contributed by atoms with Crippen molar-refractivity contribution < 1.29 is 14.2 Å². The molecule has 1 fully saturated rings. The van der Waals surface area contributed by atoms with Crippen LogP contribution in [0.1, 0.15) is 11.7 Å². The Labute approximate surface area is 137 Å². The van der Waals surface area contributed by atoms with E-state index in [1.165, 1.54) is 5.56 Å². The van der Waals surface area contributed by atoms with Crippen LogP contribution >= 0.6 is 0 Å². The first-order valence-electron chi connectivity index (χ1n) is 8.08. The summed E-state index contributed by atoms with van der Waals surface area (Å²) in [5.41, 5.74) is 1.18. The van der Waals surface area contributed by atoms with Gasteiger partial charge in [0.05, 0.1) is 19.3 Å². The van der Waals surface area contributed by atoms with E-state index in [-0.39, 0.29) is 12.2 Å². The Morgan fingerprint density at radius 2 is 1.65 bits per heavy atom. The minimum Gasteiger partial charge on any atom is -0.492 e. The molecule has 4 heteroatoms. The fourth-order valence-electron chi connectivity index (χ4n) is 2.54. The summed E-state index contributed by atoms with van der Waals surface area (Å²) < 4.78 is 17.4. The van der Waals surface area contributed by atoms with Crippen molar-refractivity contribution in [3.8, 4) is 5.75 Å². The van der Waals surface area contributed by atoms with Gasteiger partial charge in [-0.05, 0) is 17.7 Å². The summed E-state index contributed by atoms with van der Waals surface area (Å²) in [5.74, 6) is 0.900. The van der Waals surface area contributed by atoms with Crippen molar-refractivity contribution in [3.63, 3.8) is 0 Å². The zero-order valence-electron chi connectivity index (χ0n) is 13.2. The topological polar surface area (TPSA) is 39.7 Å². The Balaban J connectivity index is 1.29. The highest BCUT2D eigenvalue weighted by molar-refractivity contribution is 5.20. The highest BCUT2D eigenvalue weighted by Crippen LogP contribution is 2.22. The third-order valence-corrected chi connectivity index (χ3v) is 3.80. The van der Waals surface area contributed by atoms with Gasteiger partial charge in [-0.2, -0.15) is 0 Å². The molecule has 0 unspecified atom stereocenters. The Morgan fingerprint density at radius 1 is 0.913 bits per heavy atom. The maximum Gasteiger partial charge on any atom is 0.119 e. The molecule has 0 radical (unpaired) electrons. The number of ether oxygens (including phenoxy) is 3. The van der Waals surface area contributed by atoms with Crippen LogP contribution in [0, 0.1) is 0 Å². The van der Waals surface area contributed by atoms with Crippen LogP contribution in [0.3, 0.4) is 0 Å². The summed E-state index contributed by atoms with van der Waals surface area (Å²) in [4.78, 5) is 0. The van der Waals surface area contributed by atoms with Gasteiger partial charge in [0.1, 0.15) is 18.5 Å². The second-order valence-electron chi connectivity index (χ2n) is 5.55. The molecule has 122 valence electrons. The minimum atomic E-state index is 0.0499. The molecule has 2 atom stereocenters. The van der Waals surface area contributed by atoms with Gasteiger partial charge in [-0.3, -0.25) is 0 Å². The van der Waals surface area contributed by atoms with Crippen molar-refractivity contribution in [1.29, 1.82) is 0 Å². The molecule has 1 saturated heterocycles. The smallest absolute Gasteiger partial charge is 0.119 e. The van der Waals surface area contributed by atoms with E-state index in [9.17, 15) is 0 Å². The lowest BCUT2D eigenvalue weighted by Crippen LogP contribution is -2.39. The first kappa shape index (κ1) is 16.0. The highest BCUT2D eigenvalue weighted by atomic mass is 16.6. The van der Waals surface area contributed by atoms with Gasteiger partial charge in [-0.25, -0.2) is 0 Å². The van der Waals surface area contributed by atoms with E-state index >= 15 is 0 Å². The van der Waals surface area contributed by atoms with Crippen LogP contribution < -0.4 is 10.1 Å². The van der Waals surface area contributed by atoms with Crippen LogP contribution in [-0.4, -0.2) is 39.0 Å². The molecule has 0 bridgehead atoms. The molecule has 1 heterocycles. The van der Waals surface area contributed by atoms with Crippen LogP contribution in [0.25, 0.3) is 0 Å². The van der Waals surface area contributed by atoms with E-state index in [0.717, 1.165) is 18.8 Å². The monoisotopic (exact) mass is 313 g/mol. The quantitative estimate of drug-likeness (QED) is 0.798. The Kier molecular flexibility index (Phi) is 6.03. The Bertz CT molecular complexity index is 553. The highest BCUT2D eigenvalue weighted by Gasteiger charge is 2.22. The van der Waals surface area contributed by atoms with Gasteiger partial charge in [-0.1, -0.05) is 48.5 Å². The fraction of sp³-hybridized carbons (Fsp3) is 0.368. The largest absolute Gasteiger partial charge is 0.492 e. The summed E-state index contributed by atoms with van der Waals surface area (Å²) in [6, 6.07) is 20.1. The van der Waals surface area contributed by atoms with Crippen LogP contribution in [0.4, 0.5) is 0 Å². The lowest BCUT2D eigenvalue weighted by Gasteiger charge is -2.30. The average Bonchev–Trinajstić information content (AvgIpc) is 2.64. The van der Waals surface area contributed by atoms with Crippen LogP contribution in [-0.2, 0) is 9.47 Å². The van der Waals surface area contributed by atoms with E-state index in [2.05, 4.69) is 17.4 Å². The molecule has 2 aromatic rings. The number of hydrogen-bond donors (Lipinski definition) is 1. The number of para-hydroxylation sites is 1. The van der Waals surface area contributed by atoms with Gasteiger partial charge in [0, 0.05) is 13.1 Å². The molecule has 0 saturated carbocycles. The molecule has 1 aliphatic rings. The van der Waals surface area contributed by atoms with Crippen molar-refractivity contribution in [2.45, 2.75) is 12.2 Å². The third-order valence-electron chi connectivity index (χ3n) is 3.80. The predicted molar refractivity (Wildman–Crippen MR) is 89.7 cm³/mol. The van der Waals surface area contributed by atoms with Crippen molar-refractivity contribution in [3.05, 3.63) is 66.2 Å². The second-order valence-corrected chi connectivity index (χ2v) is 5.55. The molecule has 1 N–H and O–H groups in total. The van der Waals surface area contributed by atoms with Crippen LogP contribution in [0.5, 0.6) is 5.75 Å². The number of rotatable bonds is 7. The third kappa shape index (κ3) is 5.06. The van der Waals surface area contributed by atoms with Crippen LogP contribution in [0.2, 0.25) is 0 Å². The second kappa shape index (κ2) is 8.67. The SMILES string of the molecule is c1ccc(OCCNC[C@@H]2CO[C@H](c3ccccc3)CO2)cc1. The number of benzene rings is 2. The molecular formula is C19H23NO3. The van der Waals surface area contributed by atoms with E-state index in [1.54, 1.807) is 0 Å². The lowest BCUT2D eigenvalue weighted by atomic mass is 10.1. The van der Waals surface area contributed by atoms with Crippen LogP contribution in [0.15, 0.2) is 60.7 Å². The number of hydrogen-bond acceptors (Lipinski definition) is 4. The minimum absolute atomic E-state index is 0.0499. The molecule has 0 aliphatic carbocycles. The van der Waals surface area contributed by atoms with Crippen molar-refractivity contribution >= 4 is 0 Å². The van der Waals surface area contributed by atoms with E-state index in [1.807, 2.05) is 48.5 Å². The van der Waals surface area contributed by atoms with Gasteiger partial charge in [0.2, 0.25) is 0 Å². The first-order valence-corrected chi connectivity index (χ1v) is 8.08. The van der Waals surface area contributed by atoms with Gasteiger partial charge in [0.15, 0.2) is 0 Å². The van der Waals surface area contributed by atoms with E-state index in [4.69, 9.17) is 14.2 Å².